The molecule has 1 aromatic rings. The standard InChI is InChI=1S/C15H18N2O2/c16-9-12-4-3-5-13(8-12)14(19)17-10-15(11-18)6-1-2-7-15/h3-5,8,18H,1-2,6-7,10-11H2,(H,17,19). The number of nitriles is 1. The number of nitrogens with one attached hydrogen (secondary N) is 1. The van der Waals surface area contributed by atoms with Crippen molar-refractivity contribution in [2.24, 2.45) is 5.41 Å². The van der Waals surface area contributed by atoms with Crippen LogP contribution in [0.3, 0.4) is 0 Å². The van der Waals surface area contributed by atoms with Crippen molar-refractivity contribution in [2.45, 2.75) is 25.7 Å². The molecule has 19 heavy (non-hydrogen) atoms. The van der Waals surface area contributed by atoms with Gasteiger partial charge in [-0.1, -0.05) is 18.9 Å². The Morgan fingerprint density at radius 3 is 2.79 bits per heavy atom. The van der Waals surface area contributed by atoms with Crippen LogP contribution in [-0.4, -0.2) is 24.2 Å². The van der Waals surface area contributed by atoms with Gasteiger partial charge < -0.3 is 10.4 Å². The van der Waals surface area contributed by atoms with E-state index in [1.54, 1.807) is 24.3 Å². The molecule has 0 unspecified atom stereocenters. The summed E-state index contributed by atoms with van der Waals surface area (Å²) in [4.78, 5) is 12.0. The number of nitrogens with zero attached hydrogens (tertiary/aromatic N) is 1. The summed E-state index contributed by atoms with van der Waals surface area (Å²) in [5.74, 6) is -0.183. The highest BCUT2D eigenvalue weighted by Crippen LogP contribution is 2.36. The second kappa shape index (κ2) is 5.85. The maximum absolute atomic E-state index is 12.0. The van der Waals surface area contributed by atoms with Crippen LogP contribution in [0, 0.1) is 16.7 Å². The monoisotopic (exact) mass is 258 g/mol. The molecule has 100 valence electrons. The Hall–Kier alpha value is -1.86. The lowest BCUT2D eigenvalue weighted by Crippen LogP contribution is -2.38. The van der Waals surface area contributed by atoms with Crippen molar-refractivity contribution >= 4 is 5.91 Å². The van der Waals surface area contributed by atoms with Crippen molar-refractivity contribution in [3.63, 3.8) is 0 Å². The van der Waals surface area contributed by atoms with Crippen LogP contribution in [-0.2, 0) is 0 Å². The molecule has 0 heterocycles. The van der Waals surface area contributed by atoms with E-state index in [1.165, 1.54) is 0 Å². The Morgan fingerprint density at radius 2 is 2.16 bits per heavy atom. The van der Waals surface area contributed by atoms with Crippen LogP contribution in [0.1, 0.15) is 41.6 Å². The minimum atomic E-state index is -0.183. The molecule has 0 saturated heterocycles. The fraction of sp³-hybridized carbons (Fsp3) is 0.467. The first-order valence-corrected chi connectivity index (χ1v) is 6.58. The predicted octanol–water partition coefficient (Wildman–Crippen LogP) is 1.84. The van der Waals surface area contributed by atoms with E-state index < -0.39 is 0 Å². The quantitative estimate of drug-likeness (QED) is 0.865. The maximum Gasteiger partial charge on any atom is 0.251 e. The first-order valence-electron chi connectivity index (χ1n) is 6.58. The average Bonchev–Trinajstić information content (AvgIpc) is 2.94. The van der Waals surface area contributed by atoms with Gasteiger partial charge in [-0.3, -0.25) is 4.79 Å². The molecular weight excluding hydrogens is 240 g/mol. The molecule has 1 aliphatic rings. The first-order chi connectivity index (χ1) is 9.19. The van der Waals surface area contributed by atoms with Crippen LogP contribution in [0.4, 0.5) is 0 Å². The summed E-state index contributed by atoms with van der Waals surface area (Å²) in [5.41, 5.74) is 0.818. The predicted molar refractivity (Wildman–Crippen MR) is 71.5 cm³/mol. The topological polar surface area (TPSA) is 73.1 Å². The van der Waals surface area contributed by atoms with Crippen LogP contribution in [0.25, 0.3) is 0 Å². The minimum Gasteiger partial charge on any atom is -0.396 e. The SMILES string of the molecule is N#Cc1cccc(C(=O)NCC2(CO)CCCC2)c1. The van der Waals surface area contributed by atoms with E-state index in [4.69, 9.17) is 5.26 Å². The lowest BCUT2D eigenvalue weighted by molar-refractivity contribution is 0.0880. The Kier molecular flexibility index (Phi) is 4.18. The summed E-state index contributed by atoms with van der Waals surface area (Å²) in [6.07, 6.45) is 4.14. The molecule has 2 N–H and O–H groups in total. The molecule has 1 aromatic carbocycles. The van der Waals surface area contributed by atoms with E-state index in [0.29, 0.717) is 17.7 Å². The van der Waals surface area contributed by atoms with Gasteiger partial charge in [-0.2, -0.15) is 5.26 Å². The van der Waals surface area contributed by atoms with Crippen LogP contribution in [0.5, 0.6) is 0 Å². The lowest BCUT2D eigenvalue weighted by Gasteiger charge is -2.26. The van der Waals surface area contributed by atoms with Gasteiger partial charge in [0, 0.05) is 17.5 Å². The highest BCUT2D eigenvalue weighted by Gasteiger charge is 2.33. The molecule has 1 amide bonds. The number of carbonyl (C=O) groups is 1. The summed E-state index contributed by atoms with van der Waals surface area (Å²) >= 11 is 0. The second-order valence-corrected chi connectivity index (χ2v) is 5.24. The normalized spacial score (nSPS) is 16.8. The van der Waals surface area contributed by atoms with Crippen LogP contribution in [0.15, 0.2) is 24.3 Å². The van der Waals surface area contributed by atoms with E-state index in [-0.39, 0.29) is 17.9 Å². The minimum absolute atomic E-state index is 0.117. The summed E-state index contributed by atoms with van der Waals surface area (Å²) in [6, 6.07) is 8.66. The van der Waals surface area contributed by atoms with E-state index in [1.807, 2.05) is 6.07 Å². The van der Waals surface area contributed by atoms with Gasteiger partial charge in [0.15, 0.2) is 0 Å². The molecular formula is C15H18N2O2. The van der Waals surface area contributed by atoms with Gasteiger partial charge in [0.2, 0.25) is 0 Å². The van der Waals surface area contributed by atoms with Gasteiger partial charge in [0.1, 0.15) is 0 Å². The van der Waals surface area contributed by atoms with Gasteiger partial charge >= 0.3 is 0 Å². The zero-order chi connectivity index (χ0) is 13.7. The highest BCUT2D eigenvalue weighted by atomic mass is 16.3. The van der Waals surface area contributed by atoms with Gasteiger partial charge in [0.05, 0.1) is 18.2 Å². The van der Waals surface area contributed by atoms with Crippen molar-refractivity contribution in [2.75, 3.05) is 13.2 Å². The molecule has 4 nitrogen and oxygen atoms in total. The molecule has 0 spiro atoms. The van der Waals surface area contributed by atoms with Gasteiger partial charge in [-0.25, -0.2) is 0 Å². The van der Waals surface area contributed by atoms with E-state index in [2.05, 4.69) is 5.32 Å². The zero-order valence-corrected chi connectivity index (χ0v) is 10.9. The van der Waals surface area contributed by atoms with Crippen molar-refractivity contribution < 1.29 is 9.90 Å². The van der Waals surface area contributed by atoms with Crippen LogP contribution in [0.2, 0.25) is 0 Å². The smallest absolute Gasteiger partial charge is 0.251 e. The molecule has 1 saturated carbocycles. The number of aliphatic hydroxyl groups is 1. The average molecular weight is 258 g/mol. The van der Waals surface area contributed by atoms with E-state index in [0.717, 1.165) is 25.7 Å². The van der Waals surface area contributed by atoms with Crippen molar-refractivity contribution in [3.05, 3.63) is 35.4 Å². The summed E-state index contributed by atoms with van der Waals surface area (Å²) in [6.45, 7) is 0.616. The Balaban J connectivity index is 1.99. The zero-order valence-electron chi connectivity index (χ0n) is 10.9. The molecule has 1 aliphatic carbocycles. The number of rotatable bonds is 4. The number of amides is 1. The second-order valence-electron chi connectivity index (χ2n) is 5.24. The number of benzene rings is 1. The van der Waals surface area contributed by atoms with Gasteiger partial charge in [-0.15, -0.1) is 0 Å². The fourth-order valence-electron chi connectivity index (χ4n) is 2.62. The third-order valence-corrected chi connectivity index (χ3v) is 3.88. The van der Waals surface area contributed by atoms with E-state index in [9.17, 15) is 9.90 Å². The number of carbonyl (C=O) groups excluding carboxylic acids is 1. The Bertz CT molecular complexity index is 499. The molecule has 0 aliphatic heterocycles. The molecule has 0 atom stereocenters. The Labute approximate surface area is 113 Å². The highest BCUT2D eigenvalue weighted by molar-refractivity contribution is 5.94. The van der Waals surface area contributed by atoms with Crippen LogP contribution >= 0.6 is 0 Å². The summed E-state index contributed by atoms with van der Waals surface area (Å²) in [5, 5.41) is 21.2. The van der Waals surface area contributed by atoms with Gasteiger partial charge in [-0.05, 0) is 31.0 Å². The molecule has 2 rings (SSSR count). The van der Waals surface area contributed by atoms with Crippen LogP contribution < -0.4 is 5.32 Å². The molecule has 0 radical (unpaired) electrons. The first kappa shape index (κ1) is 13.6. The number of hydrogen-bond acceptors (Lipinski definition) is 3. The molecule has 0 bridgehead atoms. The Morgan fingerprint density at radius 1 is 1.42 bits per heavy atom. The van der Waals surface area contributed by atoms with E-state index >= 15 is 0 Å². The molecule has 0 aromatic heterocycles. The van der Waals surface area contributed by atoms with Crippen molar-refractivity contribution in [3.8, 4) is 6.07 Å². The van der Waals surface area contributed by atoms with Gasteiger partial charge in [0.25, 0.3) is 5.91 Å². The van der Waals surface area contributed by atoms with Crippen molar-refractivity contribution in [1.29, 1.82) is 5.26 Å². The summed E-state index contributed by atoms with van der Waals surface area (Å²) in [7, 11) is 0. The van der Waals surface area contributed by atoms with Crippen molar-refractivity contribution in [1.82, 2.24) is 5.32 Å². The summed E-state index contributed by atoms with van der Waals surface area (Å²) < 4.78 is 0. The fourth-order valence-corrected chi connectivity index (χ4v) is 2.62. The molecule has 4 heteroatoms. The largest absolute Gasteiger partial charge is 0.396 e. The third kappa shape index (κ3) is 3.12. The number of aliphatic hydroxyl groups excluding tert-OH is 1. The molecule has 1 fully saturated rings. The lowest BCUT2D eigenvalue weighted by atomic mass is 9.87. The maximum atomic E-state index is 12.0. The number of hydrogen-bond donors (Lipinski definition) is 2. The third-order valence-electron chi connectivity index (χ3n) is 3.88.